The summed E-state index contributed by atoms with van der Waals surface area (Å²) in [6.07, 6.45) is 0. The number of halogens is 1. The van der Waals surface area contributed by atoms with Gasteiger partial charge in [0, 0.05) is 18.1 Å². The van der Waals surface area contributed by atoms with E-state index in [-0.39, 0.29) is 11.2 Å². The zero-order valence-electron chi connectivity index (χ0n) is 11.3. The van der Waals surface area contributed by atoms with Crippen molar-refractivity contribution in [3.05, 3.63) is 34.3 Å². The van der Waals surface area contributed by atoms with E-state index in [1.54, 1.807) is 7.05 Å². The maximum Gasteiger partial charge on any atom is 0.214 e. The van der Waals surface area contributed by atoms with E-state index in [0.717, 1.165) is 10.0 Å². The van der Waals surface area contributed by atoms with Crippen molar-refractivity contribution in [2.75, 3.05) is 12.8 Å². The van der Waals surface area contributed by atoms with Gasteiger partial charge in [-0.1, -0.05) is 48.8 Å². The van der Waals surface area contributed by atoms with Gasteiger partial charge in [0.25, 0.3) is 0 Å². The van der Waals surface area contributed by atoms with E-state index in [9.17, 15) is 8.42 Å². The molecule has 0 unspecified atom stereocenters. The van der Waals surface area contributed by atoms with E-state index in [4.69, 9.17) is 0 Å². The third-order valence-electron chi connectivity index (χ3n) is 2.38. The number of benzene rings is 1. The summed E-state index contributed by atoms with van der Waals surface area (Å²) in [6.45, 7) is 6.18. The van der Waals surface area contributed by atoms with Gasteiger partial charge in [0.1, 0.15) is 0 Å². The zero-order valence-corrected chi connectivity index (χ0v) is 13.7. The molecule has 0 N–H and O–H groups in total. The molecule has 0 heterocycles. The molecule has 5 heteroatoms. The van der Waals surface area contributed by atoms with Crippen molar-refractivity contribution in [1.82, 2.24) is 4.31 Å². The highest BCUT2D eigenvalue weighted by Gasteiger charge is 2.25. The molecule has 1 aromatic carbocycles. The van der Waals surface area contributed by atoms with Gasteiger partial charge in [-0.25, -0.2) is 12.7 Å². The van der Waals surface area contributed by atoms with E-state index in [1.807, 2.05) is 45.0 Å². The number of nitrogens with zero attached hydrogens (tertiary/aromatic N) is 1. The van der Waals surface area contributed by atoms with Gasteiger partial charge < -0.3 is 0 Å². The molecule has 0 spiro atoms. The molecule has 18 heavy (non-hydrogen) atoms. The summed E-state index contributed by atoms with van der Waals surface area (Å²) in [5, 5.41) is 0. The van der Waals surface area contributed by atoms with Crippen molar-refractivity contribution in [3.63, 3.8) is 0 Å². The number of sulfonamides is 1. The van der Waals surface area contributed by atoms with Gasteiger partial charge in [-0.3, -0.25) is 0 Å². The molecular formula is C13H20BrNO2S. The molecule has 1 aromatic rings. The van der Waals surface area contributed by atoms with Gasteiger partial charge in [0.2, 0.25) is 10.0 Å². The van der Waals surface area contributed by atoms with Gasteiger partial charge >= 0.3 is 0 Å². The van der Waals surface area contributed by atoms with Crippen molar-refractivity contribution in [2.24, 2.45) is 5.41 Å². The normalized spacial score (nSPS) is 13.0. The Morgan fingerprint density at radius 2 is 1.89 bits per heavy atom. The SMILES string of the molecule is CN(Cc1cccc(Br)c1)S(=O)(=O)CC(C)(C)C. The highest BCUT2D eigenvalue weighted by atomic mass is 79.9. The van der Waals surface area contributed by atoms with E-state index >= 15 is 0 Å². The molecule has 0 aliphatic rings. The first-order chi connectivity index (χ1) is 8.10. The molecule has 1 rings (SSSR count). The van der Waals surface area contributed by atoms with Crippen LogP contribution in [0.5, 0.6) is 0 Å². The highest BCUT2D eigenvalue weighted by molar-refractivity contribution is 9.10. The fourth-order valence-corrected chi connectivity index (χ4v) is 3.76. The lowest BCUT2D eigenvalue weighted by atomic mass is 10.0. The Morgan fingerprint density at radius 3 is 2.39 bits per heavy atom. The van der Waals surface area contributed by atoms with E-state index in [0.29, 0.717) is 6.54 Å². The van der Waals surface area contributed by atoms with Crippen LogP contribution in [0.2, 0.25) is 0 Å². The summed E-state index contributed by atoms with van der Waals surface area (Å²) >= 11 is 3.38. The first-order valence-corrected chi connectivity index (χ1v) is 8.19. The first-order valence-electron chi connectivity index (χ1n) is 5.79. The van der Waals surface area contributed by atoms with Crippen LogP contribution in [0, 0.1) is 5.41 Å². The minimum atomic E-state index is -3.21. The van der Waals surface area contributed by atoms with Crippen molar-refractivity contribution in [1.29, 1.82) is 0 Å². The van der Waals surface area contributed by atoms with Crippen LogP contribution < -0.4 is 0 Å². The summed E-state index contributed by atoms with van der Waals surface area (Å²) < 4.78 is 26.7. The Balaban J connectivity index is 2.79. The molecule has 0 saturated heterocycles. The van der Waals surface area contributed by atoms with Crippen molar-refractivity contribution < 1.29 is 8.42 Å². The molecule has 0 aromatic heterocycles. The summed E-state index contributed by atoms with van der Waals surface area (Å²) in [6, 6.07) is 7.69. The van der Waals surface area contributed by atoms with Crippen molar-refractivity contribution in [3.8, 4) is 0 Å². The molecule has 0 saturated carbocycles. The third kappa shape index (κ3) is 5.08. The molecular weight excluding hydrogens is 314 g/mol. The third-order valence-corrected chi connectivity index (χ3v) is 5.19. The highest BCUT2D eigenvalue weighted by Crippen LogP contribution is 2.20. The second-order valence-electron chi connectivity index (χ2n) is 5.70. The van der Waals surface area contributed by atoms with Crippen LogP contribution in [0.4, 0.5) is 0 Å². The van der Waals surface area contributed by atoms with Gasteiger partial charge in [0.15, 0.2) is 0 Å². The average molecular weight is 334 g/mol. The molecule has 0 radical (unpaired) electrons. The summed E-state index contributed by atoms with van der Waals surface area (Å²) in [5.41, 5.74) is 0.744. The second kappa shape index (κ2) is 5.72. The average Bonchev–Trinajstić information content (AvgIpc) is 2.13. The zero-order chi connectivity index (χ0) is 14.0. The minimum absolute atomic E-state index is 0.157. The standard InChI is InChI=1S/C13H20BrNO2S/c1-13(2,3)10-18(16,17)15(4)9-11-6-5-7-12(14)8-11/h5-8H,9-10H2,1-4H3. The lowest BCUT2D eigenvalue weighted by molar-refractivity contribution is 0.420. The van der Waals surface area contributed by atoms with Gasteiger partial charge in [0.05, 0.1) is 5.75 Å². The van der Waals surface area contributed by atoms with Crippen LogP contribution in [-0.2, 0) is 16.6 Å². The van der Waals surface area contributed by atoms with Crippen LogP contribution in [0.3, 0.4) is 0 Å². The fraction of sp³-hybridized carbons (Fsp3) is 0.538. The van der Waals surface area contributed by atoms with Crippen molar-refractivity contribution in [2.45, 2.75) is 27.3 Å². The van der Waals surface area contributed by atoms with Crippen LogP contribution in [-0.4, -0.2) is 25.5 Å². The van der Waals surface area contributed by atoms with Crippen LogP contribution in [0.1, 0.15) is 26.3 Å². The van der Waals surface area contributed by atoms with E-state index in [1.165, 1.54) is 4.31 Å². The van der Waals surface area contributed by atoms with Crippen LogP contribution in [0.25, 0.3) is 0 Å². The smallest absolute Gasteiger partial charge is 0.212 e. The van der Waals surface area contributed by atoms with E-state index in [2.05, 4.69) is 15.9 Å². The largest absolute Gasteiger partial charge is 0.214 e. The minimum Gasteiger partial charge on any atom is -0.212 e. The summed E-state index contributed by atoms with van der Waals surface area (Å²) in [5.74, 6) is 0.157. The maximum absolute atomic E-state index is 12.1. The maximum atomic E-state index is 12.1. The quantitative estimate of drug-likeness (QED) is 0.848. The van der Waals surface area contributed by atoms with Crippen LogP contribution >= 0.6 is 15.9 Å². The Morgan fingerprint density at radius 1 is 1.28 bits per heavy atom. The molecule has 0 atom stereocenters. The molecule has 0 aliphatic heterocycles. The van der Waals surface area contributed by atoms with Crippen LogP contribution in [0.15, 0.2) is 28.7 Å². The summed E-state index contributed by atoms with van der Waals surface area (Å²) in [4.78, 5) is 0. The number of hydrogen-bond acceptors (Lipinski definition) is 2. The predicted octanol–water partition coefficient (Wildman–Crippen LogP) is 3.26. The molecule has 0 fully saturated rings. The van der Waals surface area contributed by atoms with Gasteiger partial charge in [-0.05, 0) is 23.1 Å². The molecule has 0 amide bonds. The first kappa shape index (κ1) is 15.7. The fourth-order valence-electron chi connectivity index (χ4n) is 1.65. The summed E-state index contributed by atoms with van der Waals surface area (Å²) in [7, 11) is -1.58. The Labute approximate surface area is 118 Å². The Kier molecular flexibility index (Phi) is 4.98. The Bertz CT molecular complexity index is 506. The Hall–Kier alpha value is -0.390. The van der Waals surface area contributed by atoms with E-state index < -0.39 is 10.0 Å². The lowest BCUT2D eigenvalue weighted by Crippen LogP contribution is -2.33. The number of hydrogen-bond donors (Lipinski definition) is 0. The molecule has 0 aliphatic carbocycles. The predicted molar refractivity (Wildman–Crippen MR) is 78.9 cm³/mol. The molecule has 102 valence electrons. The lowest BCUT2D eigenvalue weighted by Gasteiger charge is -2.23. The van der Waals surface area contributed by atoms with Gasteiger partial charge in [-0.15, -0.1) is 0 Å². The molecule has 0 bridgehead atoms. The topological polar surface area (TPSA) is 37.4 Å². The molecule has 3 nitrogen and oxygen atoms in total. The second-order valence-corrected chi connectivity index (χ2v) is 8.69. The monoisotopic (exact) mass is 333 g/mol. The van der Waals surface area contributed by atoms with Gasteiger partial charge in [-0.2, -0.15) is 0 Å². The number of rotatable bonds is 4. The van der Waals surface area contributed by atoms with Crippen molar-refractivity contribution >= 4 is 26.0 Å².